The van der Waals surface area contributed by atoms with Gasteiger partial charge in [0.1, 0.15) is 0 Å². The molecule has 4 aliphatic rings. The molecule has 0 bridgehead atoms. The zero-order chi connectivity index (χ0) is 16.4. The van der Waals surface area contributed by atoms with Crippen LogP contribution in [-0.2, 0) is 4.79 Å². The van der Waals surface area contributed by atoms with Crippen LogP contribution in [0.1, 0.15) is 51.9 Å². The van der Waals surface area contributed by atoms with Crippen molar-refractivity contribution in [3.63, 3.8) is 0 Å². The fourth-order valence-electron chi connectivity index (χ4n) is 6.44. The van der Waals surface area contributed by atoms with E-state index < -0.39 is 0 Å². The Morgan fingerprint density at radius 2 is 2.09 bits per heavy atom. The highest BCUT2D eigenvalue weighted by Gasteiger charge is 2.56. The topological polar surface area (TPSA) is 37.3 Å². The van der Waals surface area contributed by atoms with Crippen LogP contribution in [0.4, 0.5) is 0 Å². The number of hydrogen-bond acceptors (Lipinski definition) is 2. The molecule has 0 amide bonds. The molecule has 4 rings (SSSR count). The van der Waals surface area contributed by atoms with E-state index in [1.54, 1.807) is 0 Å². The van der Waals surface area contributed by atoms with Crippen molar-refractivity contribution in [3.8, 4) is 0 Å². The molecule has 23 heavy (non-hydrogen) atoms. The van der Waals surface area contributed by atoms with Crippen LogP contribution in [0.2, 0.25) is 0 Å². The molecule has 0 radical (unpaired) electrons. The van der Waals surface area contributed by atoms with E-state index in [0.717, 1.165) is 41.1 Å². The average molecular weight is 426 g/mol. The maximum Gasteiger partial charge on any atom is 0.163 e. The summed E-state index contributed by atoms with van der Waals surface area (Å²) in [5.41, 5.74) is 1.58. The third-order valence-electron chi connectivity index (χ3n) is 7.74. The van der Waals surface area contributed by atoms with Gasteiger partial charge in [-0.15, -0.1) is 0 Å². The lowest BCUT2D eigenvalue weighted by atomic mass is 9.51. The molecule has 0 aromatic carbocycles. The van der Waals surface area contributed by atoms with Gasteiger partial charge in [-0.25, -0.2) is 0 Å². The molecule has 0 aromatic heterocycles. The summed E-state index contributed by atoms with van der Waals surface area (Å²) in [4.78, 5) is 12.4. The summed E-state index contributed by atoms with van der Waals surface area (Å²) >= 11 is 2.24. The van der Waals surface area contributed by atoms with Crippen molar-refractivity contribution < 1.29 is 9.90 Å². The zero-order valence-electron chi connectivity index (χ0n) is 13.9. The Bertz CT molecular complexity index is 580. The first-order valence-corrected chi connectivity index (χ1v) is 10.3. The molecule has 1 unspecified atom stereocenters. The Morgan fingerprint density at radius 1 is 1.30 bits per heavy atom. The molecular formula is C20H27IO2. The first kappa shape index (κ1) is 16.3. The smallest absolute Gasteiger partial charge is 0.163 e. The van der Waals surface area contributed by atoms with Gasteiger partial charge in [-0.3, -0.25) is 4.79 Å². The number of carbonyl (C=O) groups excluding carboxylic acids is 1. The van der Waals surface area contributed by atoms with E-state index in [2.05, 4.69) is 36.1 Å². The summed E-state index contributed by atoms with van der Waals surface area (Å²) in [5, 5.41) is 10.5. The van der Waals surface area contributed by atoms with E-state index in [9.17, 15) is 9.90 Å². The van der Waals surface area contributed by atoms with E-state index in [1.165, 1.54) is 24.8 Å². The summed E-state index contributed by atoms with van der Waals surface area (Å²) < 4.78 is 1.00. The van der Waals surface area contributed by atoms with Crippen LogP contribution in [0.5, 0.6) is 0 Å². The summed E-state index contributed by atoms with van der Waals surface area (Å²) in [6, 6.07) is 0. The van der Waals surface area contributed by atoms with Crippen molar-refractivity contribution in [1.29, 1.82) is 0 Å². The molecule has 3 fully saturated rings. The van der Waals surface area contributed by atoms with Gasteiger partial charge in [0, 0.05) is 0 Å². The highest BCUT2D eigenvalue weighted by molar-refractivity contribution is 14.1. The van der Waals surface area contributed by atoms with E-state index >= 15 is 0 Å². The first-order chi connectivity index (χ1) is 10.9. The Morgan fingerprint density at radius 3 is 2.83 bits per heavy atom. The Balaban J connectivity index is 1.63. The van der Waals surface area contributed by atoms with Crippen molar-refractivity contribution in [3.05, 3.63) is 21.8 Å². The summed E-state index contributed by atoms with van der Waals surface area (Å²) in [5.74, 6) is 3.08. The van der Waals surface area contributed by atoms with Gasteiger partial charge in [0.25, 0.3) is 0 Å². The highest BCUT2D eigenvalue weighted by atomic mass is 127. The SMILES string of the molecule is C=C(I)C1C[C@H]2C(=CC1=O)CC[C@@H]1[C@@H]2CC[C@]2(C)[C@H](O)CC[C@@H]12. The minimum Gasteiger partial charge on any atom is -0.393 e. The summed E-state index contributed by atoms with van der Waals surface area (Å²) in [6.45, 7) is 6.38. The van der Waals surface area contributed by atoms with Gasteiger partial charge in [-0.1, -0.05) is 19.1 Å². The number of rotatable bonds is 1. The van der Waals surface area contributed by atoms with Crippen LogP contribution in [0.15, 0.2) is 21.8 Å². The standard InChI is InChI=1S/C20H27IO2/c1-11(21)15-10-16-12(9-18(15)22)3-4-14-13(16)7-8-20(2)17(14)5-6-19(20)23/h9,13-17,19,23H,1,3-8,10H2,2H3/t13-,14+,15?,16-,17-,19+,20-/m0/s1. The van der Waals surface area contributed by atoms with Gasteiger partial charge >= 0.3 is 0 Å². The van der Waals surface area contributed by atoms with Crippen LogP contribution >= 0.6 is 22.6 Å². The zero-order valence-corrected chi connectivity index (χ0v) is 16.1. The van der Waals surface area contributed by atoms with E-state index in [-0.39, 0.29) is 23.2 Å². The number of ketones is 1. The summed E-state index contributed by atoms with van der Waals surface area (Å²) in [6.07, 6.45) is 9.76. The van der Waals surface area contributed by atoms with E-state index in [0.29, 0.717) is 11.8 Å². The molecule has 2 nitrogen and oxygen atoms in total. The quantitative estimate of drug-likeness (QED) is 0.620. The van der Waals surface area contributed by atoms with Gasteiger partial charge < -0.3 is 5.11 Å². The lowest BCUT2D eigenvalue weighted by molar-refractivity contribution is -0.119. The van der Waals surface area contributed by atoms with Gasteiger partial charge in [-0.05, 0) is 106 Å². The Labute approximate surface area is 152 Å². The average Bonchev–Trinajstić information content (AvgIpc) is 2.81. The van der Waals surface area contributed by atoms with Crippen LogP contribution in [-0.4, -0.2) is 17.0 Å². The largest absolute Gasteiger partial charge is 0.393 e. The number of allylic oxidation sites excluding steroid dienone is 2. The molecule has 0 heterocycles. The second kappa shape index (κ2) is 5.69. The lowest BCUT2D eigenvalue weighted by Crippen LogP contribution is -2.48. The number of hydrogen-bond donors (Lipinski definition) is 1. The van der Waals surface area contributed by atoms with Crippen molar-refractivity contribution in [2.24, 2.45) is 35.0 Å². The molecular weight excluding hydrogens is 399 g/mol. The number of halogens is 1. The predicted octanol–water partition coefficient (Wildman–Crippen LogP) is 4.66. The van der Waals surface area contributed by atoms with Crippen molar-refractivity contribution >= 4 is 28.4 Å². The number of aliphatic hydroxyl groups excluding tert-OH is 1. The van der Waals surface area contributed by atoms with E-state index in [4.69, 9.17) is 0 Å². The minimum absolute atomic E-state index is 0.0329. The van der Waals surface area contributed by atoms with Crippen molar-refractivity contribution in [2.75, 3.05) is 0 Å². The normalized spacial score (nSPS) is 49.0. The maximum atomic E-state index is 12.4. The van der Waals surface area contributed by atoms with Gasteiger partial charge in [0.05, 0.1) is 12.0 Å². The van der Waals surface area contributed by atoms with Crippen LogP contribution in [0.25, 0.3) is 0 Å². The predicted molar refractivity (Wildman–Crippen MR) is 100 cm³/mol. The Hall–Kier alpha value is -0.160. The molecule has 3 heteroatoms. The van der Waals surface area contributed by atoms with Crippen LogP contribution < -0.4 is 0 Å². The molecule has 0 saturated heterocycles. The van der Waals surface area contributed by atoms with Gasteiger partial charge in [-0.2, -0.15) is 0 Å². The first-order valence-electron chi connectivity index (χ1n) is 9.18. The molecule has 0 aromatic rings. The van der Waals surface area contributed by atoms with E-state index in [1.807, 2.05) is 6.08 Å². The van der Waals surface area contributed by atoms with Crippen LogP contribution in [0.3, 0.4) is 0 Å². The molecule has 1 N–H and O–H groups in total. The third-order valence-corrected chi connectivity index (χ3v) is 8.49. The second-order valence-corrected chi connectivity index (χ2v) is 9.96. The molecule has 126 valence electrons. The summed E-state index contributed by atoms with van der Waals surface area (Å²) in [7, 11) is 0. The van der Waals surface area contributed by atoms with Crippen molar-refractivity contribution in [1.82, 2.24) is 0 Å². The van der Waals surface area contributed by atoms with Crippen LogP contribution in [0, 0.1) is 35.0 Å². The monoisotopic (exact) mass is 426 g/mol. The maximum absolute atomic E-state index is 12.4. The molecule has 3 saturated carbocycles. The number of carbonyl (C=O) groups is 1. The van der Waals surface area contributed by atoms with Gasteiger partial charge in [0.2, 0.25) is 0 Å². The number of fused-ring (bicyclic) bond motifs is 5. The second-order valence-electron chi connectivity index (χ2n) is 8.57. The Kier molecular flexibility index (Phi) is 4.03. The fourth-order valence-corrected chi connectivity index (χ4v) is 7.00. The number of aliphatic hydroxyl groups is 1. The highest BCUT2D eigenvalue weighted by Crippen LogP contribution is 2.62. The molecule has 0 spiro atoms. The molecule has 4 aliphatic carbocycles. The molecule has 0 aliphatic heterocycles. The minimum atomic E-state index is -0.0970. The molecule has 7 atom stereocenters. The third kappa shape index (κ3) is 2.40. The van der Waals surface area contributed by atoms with Gasteiger partial charge in [0.15, 0.2) is 5.78 Å². The van der Waals surface area contributed by atoms with Crippen molar-refractivity contribution in [2.45, 2.75) is 58.0 Å². The lowest BCUT2D eigenvalue weighted by Gasteiger charge is -2.53. The fraction of sp³-hybridized carbons (Fsp3) is 0.750.